The van der Waals surface area contributed by atoms with E-state index < -0.39 is 0 Å². The van der Waals surface area contributed by atoms with Crippen LogP contribution in [0, 0.1) is 0 Å². The maximum Gasteiger partial charge on any atom is 0.293 e. The number of carbonyl (C=O) groups excluding carboxylic acids is 1. The molecule has 2 heterocycles. The van der Waals surface area contributed by atoms with Gasteiger partial charge in [0, 0.05) is 12.3 Å². The van der Waals surface area contributed by atoms with Crippen molar-refractivity contribution in [2.24, 2.45) is 0 Å². The molecule has 1 N–H and O–H groups in total. The Balaban J connectivity index is 1.64. The van der Waals surface area contributed by atoms with Crippen molar-refractivity contribution in [2.75, 3.05) is 5.32 Å². The zero-order valence-corrected chi connectivity index (χ0v) is 12.9. The minimum absolute atomic E-state index is 0.263. The second-order valence-corrected chi connectivity index (χ2v) is 6.36. The summed E-state index contributed by atoms with van der Waals surface area (Å²) in [6.45, 7) is 1.99. The van der Waals surface area contributed by atoms with Gasteiger partial charge < -0.3 is 4.42 Å². The van der Waals surface area contributed by atoms with Crippen LogP contribution in [0.1, 0.15) is 66.3 Å². The van der Waals surface area contributed by atoms with Gasteiger partial charge in [-0.25, -0.2) is 0 Å². The second kappa shape index (κ2) is 6.39. The maximum absolute atomic E-state index is 12.1. The van der Waals surface area contributed by atoms with Crippen molar-refractivity contribution in [1.82, 2.24) is 10.2 Å². The van der Waals surface area contributed by atoms with Crippen molar-refractivity contribution in [1.29, 1.82) is 0 Å². The van der Waals surface area contributed by atoms with Gasteiger partial charge in [0.25, 0.3) is 5.91 Å². The van der Waals surface area contributed by atoms with Crippen LogP contribution in [0.25, 0.3) is 0 Å². The number of aryl methyl sites for hydroxylation is 1. The van der Waals surface area contributed by atoms with E-state index in [-0.39, 0.29) is 5.91 Å². The Bertz CT molecular complexity index is 614. The molecule has 0 aromatic carbocycles. The highest BCUT2D eigenvalue weighted by molar-refractivity contribution is 7.15. The van der Waals surface area contributed by atoms with Crippen molar-refractivity contribution in [3.05, 3.63) is 28.7 Å². The third kappa shape index (κ3) is 3.32. The number of nitrogens with zero attached hydrogens (tertiary/aromatic N) is 2. The van der Waals surface area contributed by atoms with Gasteiger partial charge in [-0.1, -0.05) is 37.5 Å². The summed E-state index contributed by atoms with van der Waals surface area (Å²) in [4.78, 5) is 12.1. The second-order valence-electron chi connectivity index (χ2n) is 5.35. The number of carbonyl (C=O) groups is 1. The molecular weight excluding hydrogens is 286 g/mol. The average Bonchev–Trinajstić information content (AvgIpc) is 3.17. The molecule has 1 amide bonds. The molecule has 1 fully saturated rings. The molecule has 0 aliphatic heterocycles. The van der Waals surface area contributed by atoms with E-state index in [1.54, 1.807) is 6.07 Å². The van der Waals surface area contributed by atoms with Crippen LogP contribution in [-0.2, 0) is 6.42 Å². The van der Waals surface area contributed by atoms with E-state index in [9.17, 15) is 4.79 Å². The van der Waals surface area contributed by atoms with E-state index in [1.165, 1.54) is 43.4 Å². The van der Waals surface area contributed by atoms with Crippen molar-refractivity contribution in [3.8, 4) is 0 Å². The lowest BCUT2D eigenvalue weighted by atomic mass is 9.90. The SMILES string of the molecule is CCc1ccc(C(=O)Nc2nnc(C3CCCCC3)s2)o1. The number of aromatic nitrogens is 2. The molecule has 1 aliphatic carbocycles. The average molecular weight is 305 g/mol. The fourth-order valence-electron chi connectivity index (χ4n) is 2.65. The van der Waals surface area contributed by atoms with Crippen molar-refractivity contribution in [3.63, 3.8) is 0 Å². The number of amides is 1. The van der Waals surface area contributed by atoms with Crippen LogP contribution >= 0.6 is 11.3 Å². The van der Waals surface area contributed by atoms with E-state index in [0.717, 1.165) is 17.2 Å². The zero-order valence-electron chi connectivity index (χ0n) is 12.1. The Kier molecular flexibility index (Phi) is 4.34. The summed E-state index contributed by atoms with van der Waals surface area (Å²) >= 11 is 1.48. The highest BCUT2D eigenvalue weighted by Crippen LogP contribution is 2.35. The highest BCUT2D eigenvalue weighted by atomic mass is 32.1. The van der Waals surface area contributed by atoms with E-state index in [2.05, 4.69) is 15.5 Å². The van der Waals surface area contributed by atoms with Crippen LogP contribution in [-0.4, -0.2) is 16.1 Å². The van der Waals surface area contributed by atoms with Gasteiger partial charge in [-0.2, -0.15) is 0 Å². The van der Waals surface area contributed by atoms with Crippen LogP contribution in [0.4, 0.5) is 5.13 Å². The number of rotatable bonds is 4. The molecule has 1 saturated carbocycles. The van der Waals surface area contributed by atoms with Crippen LogP contribution in [0.5, 0.6) is 0 Å². The number of nitrogens with one attached hydrogen (secondary N) is 1. The lowest BCUT2D eigenvalue weighted by Gasteiger charge is -2.18. The molecule has 0 radical (unpaired) electrons. The highest BCUT2D eigenvalue weighted by Gasteiger charge is 2.20. The van der Waals surface area contributed by atoms with E-state index in [0.29, 0.717) is 16.8 Å². The van der Waals surface area contributed by atoms with Gasteiger partial charge in [0.15, 0.2) is 5.76 Å². The Labute approximate surface area is 127 Å². The summed E-state index contributed by atoms with van der Waals surface area (Å²) in [5, 5.41) is 12.7. The van der Waals surface area contributed by atoms with Crippen molar-refractivity contribution in [2.45, 2.75) is 51.4 Å². The predicted octanol–water partition coefficient (Wildman–Crippen LogP) is 3.99. The molecular formula is C15H19N3O2S. The quantitative estimate of drug-likeness (QED) is 0.927. The van der Waals surface area contributed by atoms with E-state index in [4.69, 9.17) is 4.42 Å². The minimum atomic E-state index is -0.263. The van der Waals surface area contributed by atoms with Gasteiger partial charge in [-0.15, -0.1) is 10.2 Å². The first kappa shape index (κ1) is 14.3. The monoisotopic (exact) mass is 305 g/mol. The number of anilines is 1. The fraction of sp³-hybridized carbons (Fsp3) is 0.533. The first-order valence-electron chi connectivity index (χ1n) is 7.49. The molecule has 2 aromatic heterocycles. The van der Waals surface area contributed by atoms with E-state index in [1.807, 2.05) is 13.0 Å². The van der Waals surface area contributed by atoms with E-state index >= 15 is 0 Å². The normalized spacial score (nSPS) is 16.0. The first-order chi connectivity index (χ1) is 10.3. The predicted molar refractivity (Wildman–Crippen MR) is 81.8 cm³/mol. The molecule has 1 aliphatic rings. The largest absolute Gasteiger partial charge is 0.456 e. The Morgan fingerprint density at radius 3 is 2.86 bits per heavy atom. The maximum atomic E-state index is 12.1. The molecule has 2 aromatic rings. The standard InChI is InChI=1S/C15H19N3O2S/c1-2-11-8-9-12(20-11)13(19)16-15-18-17-14(21-15)10-6-4-3-5-7-10/h8-10H,2-7H2,1H3,(H,16,18,19). The lowest BCUT2D eigenvalue weighted by Crippen LogP contribution is -2.10. The summed E-state index contributed by atoms with van der Waals surface area (Å²) < 4.78 is 5.43. The van der Waals surface area contributed by atoms with Crippen LogP contribution in [0.2, 0.25) is 0 Å². The molecule has 0 saturated heterocycles. The summed E-state index contributed by atoms with van der Waals surface area (Å²) in [6.07, 6.45) is 6.98. The third-order valence-electron chi connectivity index (χ3n) is 3.85. The number of hydrogen-bond acceptors (Lipinski definition) is 5. The molecule has 0 spiro atoms. The fourth-order valence-corrected chi connectivity index (χ4v) is 3.56. The number of furan rings is 1. The summed E-state index contributed by atoms with van der Waals surface area (Å²) in [6, 6.07) is 3.51. The zero-order chi connectivity index (χ0) is 14.7. The van der Waals surface area contributed by atoms with Gasteiger partial charge in [-0.3, -0.25) is 10.1 Å². The van der Waals surface area contributed by atoms with Gasteiger partial charge in [0.1, 0.15) is 10.8 Å². The molecule has 3 rings (SSSR count). The molecule has 0 bridgehead atoms. The first-order valence-corrected chi connectivity index (χ1v) is 8.31. The van der Waals surface area contributed by atoms with Crippen LogP contribution in [0.15, 0.2) is 16.5 Å². The number of hydrogen-bond donors (Lipinski definition) is 1. The van der Waals surface area contributed by atoms with Gasteiger partial charge >= 0.3 is 0 Å². The molecule has 6 heteroatoms. The Morgan fingerprint density at radius 1 is 1.33 bits per heavy atom. The molecule has 0 atom stereocenters. The minimum Gasteiger partial charge on any atom is -0.456 e. The molecule has 112 valence electrons. The molecule has 5 nitrogen and oxygen atoms in total. The van der Waals surface area contributed by atoms with Crippen molar-refractivity contribution < 1.29 is 9.21 Å². The Hall–Kier alpha value is -1.69. The smallest absolute Gasteiger partial charge is 0.293 e. The Morgan fingerprint density at radius 2 is 2.14 bits per heavy atom. The third-order valence-corrected chi connectivity index (χ3v) is 4.85. The topological polar surface area (TPSA) is 68.0 Å². The van der Waals surface area contributed by atoms with Gasteiger partial charge in [0.2, 0.25) is 5.13 Å². The van der Waals surface area contributed by atoms with Crippen LogP contribution < -0.4 is 5.32 Å². The van der Waals surface area contributed by atoms with Crippen molar-refractivity contribution >= 4 is 22.4 Å². The van der Waals surface area contributed by atoms with Crippen LogP contribution in [0.3, 0.4) is 0 Å². The molecule has 0 unspecified atom stereocenters. The summed E-state index contributed by atoms with van der Waals surface area (Å²) in [7, 11) is 0. The molecule has 21 heavy (non-hydrogen) atoms. The van der Waals surface area contributed by atoms with Gasteiger partial charge in [-0.05, 0) is 25.0 Å². The lowest BCUT2D eigenvalue weighted by molar-refractivity contribution is 0.0995. The summed E-state index contributed by atoms with van der Waals surface area (Å²) in [5.74, 6) is 1.37. The summed E-state index contributed by atoms with van der Waals surface area (Å²) in [5.41, 5.74) is 0. The van der Waals surface area contributed by atoms with Gasteiger partial charge in [0.05, 0.1) is 0 Å².